The third kappa shape index (κ3) is 7.52. The van der Waals surface area contributed by atoms with Crippen molar-refractivity contribution in [2.24, 2.45) is 0 Å². The van der Waals surface area contributed by atoms with Gasteiger partial charge in [0.15, 0.2) is 0 Å². The number of alkyl carbamates (subject to hydrolysis) is 1. The van der Waals surface area contributed by atoms with Gasteiger partial charge in [-0.25, -0.2) is 9.59 Å². The van der Waals surface area contributed by atoms with Crippen LogP contribution < -0.4 is 10.6 Å². The normalized spacial score (nSPS) is 12.2. The van der Waals surface area contributed by atoms with Crippen molar-refractivity contribution >= 4 is 12.1 Å². The summed E-state index contributed by atoms with van der Waals surface area (Å²) in [5.41, 5.74) is -0.628. The number of hydrogen-bond donors (Lipinski definition) is 2. The van der Waals surface area contributed by atoms with E-state index in [1.54, 1.807) is 20.8 Å². The molecule has 102 valence electrons. The van der Waals surface area contributed by atoms with Gasteiger partial charge in [0.1, 0.15) is 11.6 Å². The number of carbonyl (C=O) groups is 2. The van der Waals surface area contributed by atoms with Gasteiger partial charge in [0.25, 0.3) is 0 Å². The fourth-order valence-electron chi connectivity index (χ4n) is 1.07. The molecule has 0 unspecified atom stereocenters. The number of terminal acetylenes is 1. The van der Waals surface area contributed by atoms with Crippen LogP contribution in [0.2, 0.25) is 0 Å². The molecule has 18 heavy (non-hydrogen) atoms. The van der Waals surface area contributed by atoms with Crippen LogP contribution in [0.1, 0.15) is 20.8 Å². The third-order valence-electron chi connectivity index (χ3n) is 1.75. The van der Waals surface area contributed by atoms with E-state index in [-0.39, 0.29) is 6.54 Å². The number of ether oxygens (including phenoxy) is 2. The second-order valence-electron chi connectivity index (χ2n) is 4.56. The zero-order valence-electron chi connectivity index (χ0n) is 11.2. The van der Waals surface area contributed by atoms with E-state index < -0.39 is 23.7 Å². The zero-order chi connectivity index (χ0) is 14.2. The molecule has 2 N–H and O–H groups in total. The summed E-state index contributed by atoms with van der Waals surface area (Å²) in [6, 6.07) is -0.835. The first kappa shape index (κ1) is 16.3. The van der Waals surface area contributed by atoms with Gasteiger partial charge in [-0.15, -0.1) is 6.42 Å². The highest BCUT2D eigenvalue weighted by molar-refractivity contribution is 5.81. The molecule has 0 aliphatic carbocycles. The number of esters is 1. The number of methoxy groups -OCH3 is 1. The summed E-state index contributed by atoms with van der Waals surface area (Å²) in [6.07, 6.45) is 4.39. The predicted molar refractivity (Wildman–Crippen MR) is 66.9 cm³/mol. The minimum absolute atomic E-state index is 0.177. The third-order valence-corrected chi connectivity index (χ3v) is 1.75. The van der Waals surface area contributed by atoms with Crippen molar-refractivity contribution in [1.82, 2.24) is 10.6 Å². The number of rotatable bonds is 5. The van der Waals surface area contributed by atoms with Gasteiger partial charge in [-0.05, 0) is 20.8 Å². The smallest absolute Gasteiger partial charge is 0.408 e. The number of hydrogen-bond acceptors (Lipinski definition) is 5. The van der Waals surface area contributed by atoms with E-state index in [4.69, 9.17) is 11.2 Å². The largest absolute Gasteiger partial charge is 0.467 e. The maximum absolute atomic E-state index is 11.5. The minimum Gasteiger partial charge on any atom is -0.467 e. The van der Waals surface area contributed by atoms with Crippen LogP contribution in [0.25, 0.3) is 0 Å². The highest BCUT2D eigenvalue weighted by Gasteiger charge is 2.24. The van der Waals surface area contributed by atoms with Crippen molar-refractivity contribution in [2.45, 2.75) is 32.4 Å². The number of carbonyl (C=O) groups excluding carboxylic acids is 2. The lowest BCUT2D eigenvalue weighted by atomic mass is 10.2. The minimum atomic E-state index is -0.835. The molecule has 0 saturated heterocycles. The summed E-state index contributed by atoms with van der Waals surface area (Å²) in [5, 5.41) is 5.23. The molecular formula is C12H20N2O4. The molecule has 0 bridgehead atoms. The maximum Gasteiger partial charge on any atom is 0.408 e. The van der Waals surface area contributed by atoms with Crippen molar-refractivity contribution in [3.63, 3.8) is 0 Å². The Morgan fingerprint density at radius 2 is 2.00 bits per heavy atom. The summed E-state index contributed by atoms with van der Waals surface area (Å²) < 4.78 is 9.62. The Bertz CT molecular complexity index is 328. The summed E-state index contributed by atoms with van der Waals surface area (Å²) in [7, 11) is 1.24. The Hall–Kier alpha value is -1.74. The first-order valence-corrected chi connectivity index (χ1v) is 5.51. The molecule has 0 aliphatic rings. The molecule has 0 aromatic carbocycles. The Labute approximate surface area is 107 Å². The van der Waals surface area contributed by atoms with Crippen LogP contribution in [0.5, 0.6) is 0 Å². The molecule has 6 heteroatoms. The van der Waals surface area contributed by atoms with Crippen molar-refractivity contribution in [2.75, 3.05) is 20.2 Å². The highest BCUT2D eigenvalue weighted by atomic mass is 16.6. The van der Waals surface area contributed by atoms with Crippen LogP contribution in [0.15, 0.2) is 0 Å². The van der Waals surface area contributed by atoms with Gasteiger partial charge in [0, 0.05) is 6.54 Å². The Kier molecular flexibility index (Phi) is 6.83. The summed E-state index contributed by atoms with van der Waals surface area (Å²) in [4.78, 5) is 22.9. The molecule has 0 saturated carbocycles. The SMILES string of the molecule is C#CCNC[C@H](NC(=O)OC(C)(C)C)C(=O)OC. The molecule has 0 aromatic heterocycles. The predicted octanol–water partition coefficient (Wildman–Crippen LogP) is 0.276. The maximum atomic E-state index is 11.5. The van der Waals surface area contributed by atoms with E-state index in [1.807, 2.05) is 0 Å². The van der Waals surface area contributed by atoms with E-state index in [0.29, 0.717) is 6.54 Å². The first-order valence-electron chi connectivity index (χ1n) is 5.51. The molecule has 1 atom stereocenters. The molecule has 0 radical (unpaired) electrons. The van der Waals surface area contributed by atoms with Crippen LogP contribution in [0.4, 0.5) is 4.79 Å². The quantitative estimate of drug-likeness (QED) is 0.419. The highest BCUT2D eigenvalue weighted by Crippen LogP contribution is 2.06. The van der Waals surface area contributed by atoms with Crippen LogP contribution in [0, 0.1) is 12.3 Å². The second-order valence-corrected chi connectivity index (χ2v) is 4.56. The molecule has 0 aliphatic heterocycles. The second kappa shape index (κ2) is 7.56. The number of amides is 1. The lowest BCUT2D eigenvalue weighted by Crippen LogP contribution is -2.49. The van der Waals surface area contributed by atoms with Crippen LogP contribution in [-0.2, 0) is 14.3 Å². The molecule has 0 heterocycles. The van der Waals surface area contributed by atoms with E-state index in [0.717, 1.165) is 0 Å². The van der Waals surface area contributed by atoms with Crippen molar-refractivity contribution < 1.29 is 19.1 Å². The van der Waals surface area contributed by atoms with E-state index in [1.165, 1.54) is 7.11 Å². The van der Waals surface area contributed by atoms with Crippen LogP contribution in [0.3, 0.4) is 0 Å². The van der Waals surface area contributed by atoms with Gasteiger partial charge in [0.05, 0.1) is 13.7 Å². The van der Waals surface area contributed by atoms with Gasteiger partial charge < -0.3 is 20.1 Å². The van der Waals surface area contributed by atoms with E-state index in [2.05, 4.69) is 21.3 Å². The first-order chi connectivity index (χ1) is 8.30. The van der Waals surface area contributed by atoms with Crippen molar-refractivity contribution in [3.05, 3.63) is 0 Å². The number of nitrogens with one attached hydrogen (secondary N) is 2. The molecule has 0 fully saturated rings. The van der Waals surface area contributed by atoms with Gasteiger partial charge in [-0.2, -0.15) is 0 Å². The lowest BCUT2D eigenvalue weighted by Gasteiger charge is -2.22. The standard InChI is InChI=1S/C12H20N2O4/c1-6-7-13-8-9(10(15)17-5)14-11(16)18-12(2,3)4/h1,9,13H,7-8H2,2-5H3,(H,14,16)/t9-/m0/s1. The molecule has 0 rings (SSSR count). The summed E-state index contributed by atoms with van der Waals surface area (Å²) >= 11 is 0. The Balaban J connectivity index is 4.36. The van der Waals surface area contributed by atoms with E-state index in [9.17, 15) is 9.59 Å². The average Bonchev–Trinajstić information content (AvgIpc) is 2.24. The topological polar surface area (TPSA) is 76.7 Å². The van der Waals surface area contributed by atoms with Crippen molar-refractivity contribution in [3.8, 4) is 12.3 Å². The van der Waals surface area contributed by atoms with E-state index >= 15 is 0 Å². The lowest BCUT2D eigenvalue weighted by molar-refractivity contribution is -0.143. The molecule has 0 aromatic rings. The van der Waals surface area contributed by atoms with Gasteiger partial charge >= 0.3 is 12.1 Å². The molecule has 6 nitrogen and oxygen atoms in total. The zero-order valence-corrected chi connectivity index (χ0v) is 11.2. The van der Waals surface area contributed by atoms with Crippen LogP contribution >= 0.6 is 0 Å². The Morgan fingerprint density at radius 3 is 2.44 bits per heavy atom. The fraction of sp³-hybridized carbons (Fsp3) is 0.667. The van der Waals surface area contributed by atoms with Gasteiger partial charge in [0.2, 0.25) is 0 Å². The van der Waals surface area contributed by atoms with Gasteiger partial charge in [-0.3, -0.25) is 0 Å². The average molecular weight is 256 g/mol. The van der Waals surface area contributed by atoms with Crippen LogP contribution in [-0.4, -0.2) is 43.9 Å². The molecular weight excluding hydrogens is 236 g/mol. The molecule has 0 spiro atoms. The summed E-state index contributed by atoms with van der Waals surface area (Å²) in [5.74, 6) is 1.80. The van der Waals surface area contributed by atoms with Gasteiger partial charge in [-0.1, -0.05) is 5.92 Å². The Morgan fingerprint density at radius 1 is 1.39 bits per heavy atom. The summed E-state index contributed by atoms with van der Waals surface area (Å²) in [6.45, 7) is 5.67. The monoisotopic (exact) mass is 256 g/mol. The molecule has 1 amide bonds. The van der Waals surface area contributed by atoms with Crippen molar-refractivity contribution in [1.29, 1.82) is 0 Å². The fourth-order valence-corrected chi connectivity index (χ4v) is 1.07.